The molecule has 0 bridgehead atoms. The molecule has 1 aliphatic rings. The van der Waals surface area contributed by atoms with Crippen molar-refractivity contribution < 1.29 is 4.74 Å². The predicted molar refractivity (Wildman–Crippen MR) is 88.5 cm³/mol. The monoisotopic (exact) mass is 283 g/mol. The molecule has 0 heterocycles. The third-order valence-corrected chi connectivity index (χ3v) is 4.70. The summed E-state index contributed by atoms with van der Waals surface area (Å²) in [7, 11) is 2.01. The average Bonchev–Trinajstić information content (AvgIpc) is 2.48. The first kappa shape index (κ1) is 14.6. The molecule has 3 rings (SSSR count). The number of ether oxygens (including phenoxy) is 1. The Hall–Kier alpha value is -1.38. The van der Waals surface area contributed by atoms with Gasteiger partial charge >= 0.3 is 0 Å². The maximum absolute atomic E-state index is 5.90. The van der Waals surface area contributed by atoms with E-state index in [-0.39, 0.29) is 6.04 Å². The van der Waals surface area contributed by atoms with E-state index < -0.39 is 0 Å². The Kier molecular flexibility index (Phi) is 4.89. The topological polar surface area (TPSA) is 21.3 Å². The van der Waals surface area contributed by atoms with Gasteiger partial charge in [0, 0.05) is 6.61 Å². The van der Waals surface area contributed by atoms with Gasteiger partial charge < -0.3 is 10.1 Å². The molecule has 112 valence electrons. The summed E-state index contributed by atoms with van der Waals surface area (Å²) >= 11 is 0. The lowest BCUT2D eigenvalue weighted by atomic mass is 9.83. The van der Waals surface area contributed by atoms with Gasteiger partial charge in [0.2, 0.25) is 0 Å². The molecule has 21 heavy (non-hydrogen) atoms. The second-order valence-electron chi connectivity index (χ2n) is 6.11. The number of benzene rings is 2. The van der Waals surface area contributed by atoms with Crippen molar-refractivity contribution in [2.24, 2.45) is 5.92 Å². The standard InChI is InChI=1S/C19H25NO/c1-20-19(14-21-12-11-15-5-4-6-15)18-10-9-16-7-2-3-8-17(16)13-18/h2-3,7-10,13,15,19-20H,4-6,11-12,14H2,1H3. The van der Waals surface area contributed by atoms with E-state index in [1.807, 2.05) is 7.05 Å². The average molecular weight is 283 g/mol. The van der Waals surface area contributed by atoms with Crippen LogP contribution < -0.4 is 5.32 Å². The number of fused-ring (bicyclic) bond motifs is 1. The van der Waals surface area contributed by atoms with Crippen molar-refractivity contribution in [3.05, 3.63) is 48.0 Å². The maximum Gasteiger partial charge on any atom is 0.0661 e. The van der Waals surface area contributed by atoms with E-state index in [0.29, 0.717) is 0 Å². The molecule has 1 N–H and O–H groups in total. The summed E-state index contributed by atoms with van der Waals surface area (Å²) in [6.45, 7) is 1.65. The molecule has 1 atom stereocenters. The molecule has 0 saturated heterocycles. The normalized spacial score (nSPS) is 16.8. The van der Waals surface area contributed by atoms with E-state index in [0.717, 1.165) is 19.1 Å². The van der Waals surface area contributed by atoms with E-state index in [2.05, 4.69) is 47.8 Å². The number of hydrogen-bond acceptors (Lipinski definition) is 2. The number of likely N-dealkylation sites (N-methyl/N-ethyl adjacent to an activating group) is 1. The molecule has 2 aromatic rings. The molecular formula is C19H25NO. The number of nitrogens with one attached hydrogen (secondary N) is 1. The summed E-state index contributed by atoms with van der Waals surface area (Å²) in [5.41, 5.74) is 1.31. The highest BCUT2D eigenvalue weighted by Crippen LogP contribution is 2.29. The maximum atomic E-state index is 5.90. The molecule has 1 unspecified atom stereocenters. The summed E-state index contributed by atoms with van der Waals surface area (Å²) in [6.07, 6.45) is 5.46. The SMILES string of the molecule is CNC(COCCC1CCC1)c1ccc2ccccc2c1. The Balaban J connectivity index is 1.57. The fourth-order valence-corrected chi connectivity index (χ4v) is 3.00. The summed E-state index contributed by atoms with van der Waals surface area (Å²) in [5.74, 6) is 0.929. The molecule has 0 radical (unpaired) electrons. The summed E-state index contributed by atoms with van der Waals surface area (Å²) in [5, 5.41) is 5.96. The van der Waals surface area contributed by atoms with Gasteiger partial charge in [-0.1, -0.05) is 55.7 Å². The molecule has 1 saturated carbocycles. The van der Waals surface area contributed by atoms with Gasteiger partial charge in [0.1, 0.15) is 0 Å². The first-order valence-corrected chi connectivity index (χ1v) is 8.10. The van der Waals surface area contributed by atoms with Crippen LogP contribution in [-0.4, -0.2) is 20.3 Å². The van der Waals surface area contributed by atoms with Crippen LogP contribution in [-0.2, 0) is 4.74 Å². The summed E-state index contributed by atoms with van der Waals surface area (Å²) in [4.78, 5) is 0. The lowest BCUT2D eigenvalue weighted by Gasteiger charge is -2.25. The Labute approximate surface area is 127 Å². The fraction of sp³-hybridized carbons (Fsp3) is 0.474. The second-order valence-corrected chi connectivity index (χ2v) is 6.11. The Bertz CT molecular complexity index is 577. The molecule has 1 fully saturated rings. The van der Waals surface area contributed by atoms with Crippen LogP contribution in [0.2, 0.25) is 0 Å². The van der Waals surface area contributed by atoms with Gasteiger partial charge in [-0.05, 0) is 41.8 Å². The zero-order chi connectivity index (χ0) is 14.5. The van der Waals surface area contributed by atoms with Crippen molar-refractivity contribution in [1.29, 1.82) is 0 Å². The summed E-state index contributed by atoms with van der Waals surface area (Å²) in [6, 6.07) is 15.5. The van der Waals surface area contributed by atoms with Gasteiger partial charge in [-0.25, -0.2) is 0 Å². The summed E-state index contributed by atoms with van der Waals surface area (Å²) < 4.78 is 5.90. The third-order valence-electron chi connectivity index (χ3n) is 4.70. The van der Waals surface area contributed by atoms with E-state index in [4.69, 9.17) is 4.74 Å². The molecule has 1 aliphatic carbocycles. The molecule has 0 amide bonds. The van der Waals surface area contributed by atoms with Crippen LogP contribution in [0.4, 0.5) is 0 Å². The molecule has 2 heteroatoms. The predicted octanol–water partition coefficient (Wildman–Crippen LogP) is 4.31. The van der Waals surface area contributed by atoms with Gasteiger partial charge in [0.05, 0.1) is 12.6 Å². The molecule has 0 aromatic heterocycles. The minimum absolute atomic E-state index is 0.274. The van der Waals surface area contributed by atoms with Gasteiger partial charge in [-0.15, -0.1) is 0 Å². The number of rotatable bonds is 7. The van der Waals surface area contributed by atoms with E-state index in [9.17, 15) is 0 Å². The molecular weight excluding hydrogens is 258 g/mol. The lowest BCUT2D eigenvalue weighted by molar-refractivity contribution is 0.0904. The van der Waals surface area contributed by atoms with Crippen molar-refractivity contribution in [3.8, 4) is 0 Å². The van der Waals surface area contributed by atoms with Crippen LogP contribution in [0, 0.1) is 5.92 Å². The lowest BCUT2D eigenvalue weighted by Crippen LogP contribution is -2.23. The van der Waals surface area contributed by atoms with Crippen LogP contribution >= 0.6 is 0 Å². The van der Waals surface area contributed by atoms with Crippen molar-refractivity contribution in [2.75, 3.05) is 20.3 Å². The molecule has 0 spiro atoms. The highest BCUT2D eigenvalue weighted by Gasteiger charge is 2.17. The minimum Gasteiger partial charge on any atom is -0.379 e. The van der Waals surface area contributed by atoms with Crippen LogP contribution in [0.5, 0.6) is 0 Å². The second kappa shape index (κ2) is 7.06. The van der Waals surface area contributed by atoms with Gasteiger partial charge in [-0.3, -0.25) is 0 Å². The fourth-order valence-electron chi connectivity index (χ4n) is 3.00. The Morgan fingerprint density at radius 2 is 1.95 bits per heavy atom. The highest BCUT2D eigenvalue weighted by atomic mass is 16.5. The van der Waals surface area contributed by atoms with Crippen LogP contribution in [0.1, 0.15) is 37.3 Å². The van der Waals surface area contributed by atoms with Gasteiger partial charge in [-0.2, -0.15) is 0 Å². The van der Waals surface area contributed by atoms with Gasteiger partial charge in [0.25, 0.3) is 0 Å². The van der Waals surface area contributed by atoms with Gasteiger partial charge in [0.15, 0.2) is 0 Å². The zero-order valence-corrected chi connectivity index (χ0v) is 12.8. The first-order valence-electron chi connectivity index (χ1n) is 8.10. The molecule has 0 aliphatic heterocycles. The quantitative estimate of drug-likeness (QED) is 0.765. The number of hydrogen-bond donors (Lipinski definition) is 1. The van der Waals surface area contributed by atoms with Crippen LogP contribution in [0.15, 0.2) is 42.5 Å². The largest absolute Gasteiger partial charge is 0.379 e. The van der Waals surface area contributed by atoms with Crippen molar-refractivity contribution in [2.45, 2.75) is 31.7 Å². The first-order chi connectivity index (χ1) is 10.4. The van der Waals surface area contributed by atoms with Crippen molar-refractivity contribution >= 4 is 10.8 Å². The van der Waals surface area contributed by atoms with E-state index in [1.165, 1.54) is 42.0 Å². The minimum atomic E-state index is 0.274. The van der Waals surface area contributed by atoms with Crippen LogP contribution in [0.25, 0.3) is 10.8 Å². The van der Waals surface area contributed by atoms with E-state index in [1.54, 1.807) is 0 Å². The Morgan fingerprint density at radius 1 is 1.14 bits per heavy atom. The smallest absolute Gasteiger partial charge is 0.0661 e. The highest BCUT2D eigenvalue weighted by molar-refractivity contribution is 5.83. The van der Waals surface area contributed by atoms with Crippen molar-refractivity contribution in [1.82, 2.24) is 5.32 Å². The van der Waals surface area contributed by atoms with Crippen molar-refractivity contribution in [3.63, 3.8) is 0 Å². The Morgan fingerprint density at radius 3 is 2.67 bits per heavy atom. The molecule has 2 nitrogen and oxygen atoms in total. The molecule has 2 aromatic carbocycles. The third kappa shape index (κ3) is 3.63. The van der Waals surface area contributed by atoms with Crippen LogP contribution in [0.3, 0.4) is 0 Å². The zero-order valence-electron chi connectivity index (χ0n) is 12.8. The van der Waals surface area contributed by atoms with E-state index >= 15 is 0 Å².